The number of carbonyl (C=O) groups is 1. The first-order valence-electron chi connectivity index (χ1n) is 3.88. The maximum absolute atomic E-state index is 10.3. The summed E-state index contributed by atoms with van der Waals surface area (Å²) in [6, 6.07) is 0. The summed E-state index contributed by atoms with van der Waals surface area (Å²) >= 11 is 0. The molecular formula is C9H14O. The van der Waals surface area contributed by atoms with Gasteiger partial charge in [0.05, 0.1) is 0 Å². The first-order chi connectivity index (χ1) is 4.75. The van der Waals surface area contributed by atoms with Crippen molar-refractivity contribution in [3.05, 3.63) is 11.1 Å². The van der Waals surface area contributed by atoms with Crippen molar-refractivity contribution in [2.24, 2.45) is 5.92 Å². The van der Waals surface area contributed by atoms with Gasteiger partial charge in [0, 0.05) is 0 Å². The molecule has 0 bridgehead atoms. The normalized spacial score (nSPS) is 21.4. The third-order valence-corrected chi connectivity index (χ3v) is 2.52. The molecule has 0 saturated heterocycles. The lowest BCUT2D eigenvalue weighted by Gasteiger charge is -2.26. The Morgan fingerprint density at radius 2 is 2.00 bits per heavy atom. The summed E-state index contributed by atoms with van der Waals surface area (Å²) in [7, 11) is 0. The summed E-state index contributed by atoms with van der Waals surface area (Å²) in [4.78, 5) is 10.3. The lowest BCUT2D eigenvalue weighted by Crippen LogP contribution is -2.13. The minimum atomic E-state index is 0.727. The molecule has 0 N–H and O–H groups in total. The van der Waals surface area contributed by atoms with Gasteiger partial charge in [-0.25, -0.2) is 0 Å². The summed E-state index contributed by atoms with van der Waals surface area (Å²) in [6.45, 7) is 3.98. The molecule has 0 heterocycles. The van der Waals surface area contributed by atoms with Gasteiger partial charge in [-0.2, -0.15) is 0 Å². The van der Waals surface area contributed by atoms with Gasteiger partial charge in [0.1, 0.15) is 6.29 Å². The minimum absolute atomic E-state index is 0.727. The number of rotatable bonds is 2. The molecule has 1 aliphatic carbocycles. The largest absolute Gasteiger partial charge is 0.298 e. The molecule has 0 aromatic carbocycles. The van der Waals surface area contributed by atoms with Gasteiger partial charge in [-0.1, -0.05) is 12.0 Å². The molecule has 0 atom stereocenters. The van der Waals surface area contributed by atoms with Crippen LogP contribution in [0.1, 0.15) is 33.1 Å². The van der Waals surface area contributed by atoms with Crippen LogP contribution in [0.2, 0.25) is 0 Å². The molecule has 0 aromatic heterocycles. The van der Waals surface area contributed by atoms with E-state index in [1.54, 1.807) is 0 Å². The van der Waals surface area contributed by atoms with E-state index in [1.807, 2.05) is 6.92 Å². The summed E-state index contributed by atoms with van der Waals surface area (Å²) in [5.74, 6) is 0.727. The Bertz CT molecular complexity index is 164. The molecule has 1 rings (SSSR count). The molecule has 0 radical (unpaired) electrons. The quantitative estimate of drug-likeness (QED) is 0.423. The average molecular weight is 138 g/mol. The van der Waals surface area contributed by atoms with Crippen LogP contribution in [-0.4, -0.2) is 6.29 Å². The van der Waals surface area contributed by atoms with Crippen LogP contribution in [0, 0.1) is 5.92 Å². The van der Waals surface area contributed by atoms with Gasteiger partial charge in [-0.3, -0.25) is 4.79 Å². The van der Waals surface area contributed by atoms with Crippen LogP contribution in [0.3, 0.4) is 0 Å². The van der Waals surface area contributed by atoms with Crippen molar-refractivity contribution in [2.45, 2.75) is 33.1 Å². The van der Waals surface area contributed by atoms with Gasteiger partial charge in [0.25, 0.3) is 0 Å². The van der Waals surface area contributed by atoms with E-state index in [9.17, 15) is 4.79 Å². The van der Waals surface area contributed by atoms with Crippen LogP contribution in [-0.2, 0) is 4.79 Å². The molecule has 1 fully saturated rings. The molecule has 0 aliphatic heterocycles. The summed E-state index contributed by atoms with van der Waals surface area (Å²) in [6.07, 6.45) is 4.88. The summed E-state index contributed by atoms with van der Waals surface area (Å²) in [5, 5.41) is 0. The number of allylic oxidation sites excluding steroid dienone is 2. The fourth-order valence-electron chi connectivity index (χ4n) is 1.26. The maximum atomic E-state index is 10.3. The van der Waals surface area contributed by atoms with Gasteiger partial charge >= 0.3 is 0 Å². The monoisotopic (exact) mass is 138 g/mol. The minimum Gasteiger partial charge on any atom is -0.298 e. The van der Waals surface area contributed by atoms with Crippen LogP contribution < -0.4 is 0 Å². The van der Waals surface area contributed by atoms with E-state index in [0.29, 0.717) is 0 Å². The predicted octanol–water partition coefficient (Wildman–Crippen LogP) is 2.32. The lowest BCUT2D eigenvalue weighted by atomic mass is 9.79. The van der Waals surface area contributed by atoms with Crippen LogP contribution >= 0.6 is 0 Å². The molecule has 0 aromatic rings. The highest BCUT2D eigenvalue weighted by molar-refractivity contribution is 5.73. The van der Waals surface area contributed by atoms with E-state index >= 15 is 0 Å². The third-order valence-electron chi connectivity index (χ3n) is 2.52. The molecule has 56 valence electrons. The van der Waals surface area contributed by atoms with Crippen LogP contribution in [0.4, 0.5) is 0 Å². The average Bonchev–Trinajstić information content (AvgIpc) is 1.82. The zero-order valence-corrected chi connectivity index (χ0v) is 6.68. The Morgan fingerprint density at radius 1 is 1.40 bits per heavy atom. The van der Waals surface area contributed by atoms with E-state index in [1.165, 1.54) is 24.8 Å². The highest BCUT2D eigenvalue weighted by Gasteiger charge is 2.19. The van der Waals surface area contributed by atoms with Crippen molar-refractivity contribution < 1.29 is 4.79 Å². The van der Waals surface area contributed by atoms with Crippen molar-refractivity contribution in [1.82, 2.24) is 0 Å². The Kier molecular flexibility index (Phi) is 2.25. The maximum Gasteiger partial charge on any atom is 0.145 e. The molecule has 0 spiro atoms. The Hall–Kier alpha value is -0.590. The highest BCUT2D eigenvalue weighted by Crippen LogP contribution is 2.33. The lowest BCUT2D eigenvalue weighted by molar-refractivity contribution is -0.104. The molecule has 1 saturated carbocycles. The Labute approximate surface area is 62.1 Å². The first-order valence-corrected chi connectivity index (χ1v) is 3.88. The van der Waals surface area contributed by atoms with Gasteiger partial charge in [-0.15, -0.1) is 0 Å². The van der Waals surface area contributed by atoms with Crippen LogP contribution in [0.15, 0.2) is 11.1 Å². The molecule has 0 unspecified atom stereocenters. The summed E-state index contributed by atoms with van der Waals surface area (Å²) in [5.41, 5.74) is 2.24. The summed E-state index contributed by atoms with van der Waals surface area (Å²) < 4.78 is 0. The van der Waals surface area contributed by atoms with E-state index in [2.05, 4.69) is 6.92 Å². The fraction of sp³-hybridized carbons (Fsp3) is 0.667. The zero-order chi connectivity index (χ0) is 7.56. The number of hydrogen-bond acceptors (Lipinski definition) is 1. The second-order valence-corrected chi connectivity index (χ2v) is 3.11. The third kappa shape index (κ3) is 1.28. The predicted molar refractivity (Wildman–Crippen MR) is 41.8 cm³/mol. The van der Waals surface area contributed by atoms with Gasteiger partial charge in [-0.05, 0) is 38.2 Å². The Morgan fingerprint density at radius 3 is 2.30 bits per heavy atom. The smallest absolute Gasteiger partial charge is 0.145 e. The topological polar surface area (TPSA) is 17.1 Å². The van der Waals surface area contributed by atoms with Crippen molar-refractivity contribution >= 4 is 6.29 Å². The van der Waals surface area contributed by atoms with Crippen molar-refractivity contribution in [3.63, 3.8) is 0 Å². The van der Waals surface area contributed by atoms with Gasteiger partial charge in [0.2, 0.25) is 0 Å². The van der Waals surface area contributed by atoms with E-state index in [4.69, 9.17) is 0 Å². The second-order valence-electron chi connectivity index (χ2n) is 3.11. The molecule has 10 heavy (non-hydrogen) atoms. The second kappa shape index (κ2) is 3.00. The molecular weight excluding hydrogens is 124 g/mol. The molecule has 1 nitrogen and oxygen atoms in total. The number of hydrogen-bond donors (Lipinski definition) is 0. The van der Waals surface area contributed by atoms with E-state index in [0.717, 1.165) is 17.8 Å². The standard InChI is InChI=1S/C9H14O/c1-7(6-10)8(2)9-4-3-5-9/h6,9H,3-5H2,1-2H3. The first kappa shape index (κ1) is 7.52. The van der Waals surface area contributed by atoms with E-state index < -0.39 is 0 Å². The number of carbonyl (C=O) groups excluding carboxylic acids is 1. The number of aldehydes is 1. The SMILES string of the molecule is CC(C=O)=C(C)C1CCC1. The van der Waals surface area contributed by atoms with Crippen molar-refractivity contribution in [3.8, 4) is 0 Å². The highest BCUT2D eigenvalue weighted by atomic mass is 16.1. The van der Waals surface area contributed by atoms with Crippen molar-refractivity contribution in [1.29, 1.82) is 0 Å². The van der Waals surface area contributed by atoms with Crippen molar-refractivity contribution in [2.75, 3.05) is 0 Å². The molecule has 1 heteroatoms. The van der Waals surface area contributed by atoms with Gasteiger partial charge in [0.15, 0.2) is 0 Å². The van der Waals surface area contributed by atoms with E-state index in [-0.39, 0.29) is 0 Å². The molecule has 1 aliphatic rings. The van der Waals surface area contributed by atoms with Crippen LogP contribution in [0.5, 0.6) is 0 Å². The van der Waals surface area contributed by atoms with Crippen LogP contribution in [0.25, 0.3) is 0 Å². The fourth-order valence-corrected chi connectivity index (χ4v) is 1.26. The molecule has 0 amide bonds. The zero-order valence-electron chi connectivity index (χ0n) is 6.68. The Balaban J connectivity index is 2.60. The van der Waals surface area contributed by atoms with Gasteiger partial charge < -0.3 is 0 Å².